The number of carbonyl (C=O) groups is 1. The minimum Gasteiger partial charge on any atom is -0.481 e. The summed E-state index contributed by atoms with van der Waals surface area (Å²) in [7, 11) is 1.93. The van der Waals surface area contributed by atoms with Crippen molar-refractivity contribution in [3.05, 3.63) is 18.0 Å². The molecule has 1 aliphatic rings. The largest absolute Gasteiger partial charge is 0.481 e. The molecular weight excluding hydrogens is 254 g/mol. The predicted octanol–water partition coefficient (Wildman–Crippen LogP) is 1.79. The van der Waals surface area contributed by atoms with Gasteiger partial charge in [0.25, 0.3) is 0 Å². The average Bonchev–Trinajstić information content (AvgIpc) is 2.82. The number of nitrogens with zero attached hydrogens (tertiary/aromatic N) is 3. The maximum absolute atomic E-state index is 11.4. The fourth-order valence-electron chi connectivity index (χ4n) is 2.91. The highest BCUT2D eigenvalue weighted by Crippen LogP contribution is 2.34. The number of aryl methyl sites for hydroxylation is 1. The first kappa shape index (κ1) is 15.0. The van der Waals surface area contributed by atoms with Gasteiger partial charge in [-0.2, -0.15) is 5.10 Å². The van der Waals surface area contributed by atoms with E-state index in [9.17, 15) is 9.90 Å². The molecule has 1 saturated heterocycles. The van der Waals surface area contributed by atoms with E-state index in [2.05, 4.69) is 10.00 Å². The number of aromatic nitrogens is 2. The molecule has 0 saturated carbocycles. The van der Waals surface area contributed by atoms with Crippen LogP contribution in [0.15, 0.2) is 12.4 Å². The van der Waals surface area contributed by atoms with Gasteiger partial charge < -0.3 is 10.0 Å². The number of rotatable bonds is 5. The second-order valence-electron chi connectivity index (χ2n) is 6.44. The van der Waals surface area contributed by atoms with Crippen molar-refractivity contribution in [3.63, 3.8) is 0 Å². The van der Waals surface area contributed by atoms with Gasteiger partial charge in [0.05, 0.1) is 11.6 Å². The average molecular weight is 279 g/mol. The Morgan fingerprint density at radius 1 is 1.55 bits per heavy atom. The van der Waals surface area contributed by atoms with E-state index < -0.39 is 11.4 Å². The Hall–Kier alpha value is -1.36. The zero-order valence-corrected chi connectivity index (χ0v) is 12.7. The van der Waals surface area contributed by atoms with E-state index >= 15 is 0 Å². The smallest absolute Gasteiger partial charge is 0.309 e. The number of likely N-dealkylation sites (tertiary alicyclic amines) is 1. The van der Waals surface area contributed by atoms with Crippen molar-refractivity contribution in [2.24, 2.45) is 18.4 Å². The van der Waals surface area contributed by atoms with E-state index in [0.717, 1.165) is 38.9 Å². The molecule has 0 amide bonds. The summed E-state index contributed by atoms with van der Waals surface area (Å²) in [6.07, 6.45) is 7.04. The maximum Gasteiger partial charge on any atom is 0.309 e. The van der Waals surface area contributed by atoms with E-state index in [4.69, 9.17) is 0 Å². The van der Waals surface area contributed by atoms with Crippen molar-refractivity contribution in [1.29, 1.82) is 0 Å². The lowest BCUT2D eigenvalue weighted by molar-refractivity contribution is -0.151. The van der Waals surface area contributed by atoms with Crippen LogP contribution in [0, 0.1) is 11.3 Å². The molecule has 1 unspecified atom stereocenters. The van der Waals surface area contributed by atoms with E-state index in [1.807, 2.05) is 38.0 Å². The summed E-state index contributed by atoms with van der Waals surface area (Å²) in [5, 5.41) is 13.5. The standard InChI is InChI=1S/C15H25N3O2/c1-15(2,14(19)20)13-5-4-7-18(11-13)8-6-12-9-16-17(3)10-12/h9-10,13H,4-8,11H2,1-3H3,(H,19,20). The summed E-state index contributed by atoms with van der Waals surface area (Å²) in [5.41, 5.74) is 0.611. The zero-order valence-electron chi connectivity index (χ0n) is 12.7. The molecule has 112 valence electrons. The number of aliphatic carboxylic acids is 1. The molecule has 0 bridgehead atoms. The molecule has 5 heteroatoms. The van der Waals surface area contributed by atoms with Crippen LogP contribution in [0.4, 0.5) is 0 Å². The Kier molecular flexibility index (Phi) is 4.48. The number of hydrogen-bond donors (Lipinski definition) is 1. The lowest BCUT2D eigenvalue weighted by atomic mass is 9.74. The van der Waals surface area contributed by atoms with E-state index in [1.165, 1.54) is 5.56 Å². The zero-order chi connectivity index (χ0) is 14.8. The van der Waals surface area contributed by atoms with Gasteiger partial charge >= 0.3 is 5.97 Å². The molecule has 1 atom stereocenters. The second-order valence-corrected chi connectivity index (χ2v) is 6.44. The summed E-state index contributed by atoms with van der Waals surface area (Å²) < 4.78 is 1.82. The molecule has 2 rings (SSSR count). The summed E-state index contributed by atoms with van der Waals surface area (Å²) in [4.78, 5) is 13.8. The molecule has 2 heterocycles. The summed E-state index contributed by atoms with van der Waals surface area (Å²) >= 11 is 0. The van der Waals surface area contributed by atoms with Crippen molar-refractivity contribution in [2.45, 2.75) is 33.1 Å². The van der Waals surface area contributed by atoms with Crippen LogP contribution in [0.5, 0.6) is 0 Å². The van der Waals surface area contributed by atoms with E-state index in [1.54, 1.807) is 0 Å². The van der Waals surface area contributed by atoms with Gasteiger partial charge in [-0.25, -0.2) is 0 Å². The number of piperidine rings is 1. The van der Waals surface area contributed by atoms with Crippen LogP contribution in [0.3, 0.4) is 0 Å². The Balaban J connectivity index is 1.89. The lowest BCUT2D eigenvalue weighted by Crippen LogP contribution is -2.45. The van der Waals surface area contributed by atoms with Gasteiger partial charge in [-0.3, -0.25) is 9.48 Å². The topological polar surface area (TPSA) is 58.4 Å². The van der Waals surface area contributed by atoms with Crippen molar-refractivity contribution >= 4 is 5.97 Å². The molecular formula is C15H25N3O2. The number of hydrogen-bond acceptors (Lipinski definition) is 3. The van der Waals surface area contributed by atoms with Gasteiger partial charge in [0.2, 0.25) is 0 Å². The molecule has 0 aromatic carbocycles. The van der Waals surface area contributed by atoms with Crippen LogP contribution >= 0.6 is 0 Å². The van der Waals surface area contributed by atoms with Gasteiger partial charge in [0, 0.05) is 26.3 Å². The number of carboxylic acid groups (broad SMARTS) is 1. The first-order chi connectivity index (χ1) is 9.39. The molecule has 1 aromatic rings. The highest BCUT2D eigenvalue weighted by atomic mass is 16.4. The Labute approximate surface area is 120 Å². The lowest BCUT2D eigenvalue weighted by Gasteiger charge is -2.39. The molecule has 1 aliphatic heterocycles. The molecule has 1 fully saturated rings. The van der Waals surface area contributed by atoms with Crippen molar-refractivity contribution in [1.82, 2.24) is 14.7 Å². The van der Waals surface area contributed by atoms with Crippen LogP contribution in [-0.4, -0.2) is 45.4 Å². The van der Waals surface area contributed by atoms with E-state index in [0.29, 0.717) is 0 Å². The quantitative estimate of drug-likeness (QED) is 0.892. The monoisotopic (exact) mass is 279 g/mol. The fourth-order valence-corrected chi connectivity index (χ4v) is 2.91. The summed E-state index contributed by atoms with van der Waals surface area (Å²) in [5.74, 6) is -0.445. The summed E-state index contributed by atoms with van der Waals surface area (Å²) in [6, 6.07) is 0. The van der Waals surface area contributed by atoms with Crippen LogP contribution in [0.25, 0.3) is 0 Å². The highest BCUT2D eigenvalue weighted by Gasteiger charge is 2.38. The fraction of sp³-hybridized carbons (Fsp3) is 0.733. The van der Waals surface area contributed by atoms with Gasteiger partial charge in [-0.1, -0.05) is 0 Å². The minimum absolute atomic E-state index is 0.239. The molecule has 20 heavy (non-hydrogen) atoms. The molecule has 1 aromatic heterocycles. The normalized spacial score (nSPS) is 21.1. The first-order valence-corrected chi connectivity index (χ1v) is 7.33. The van der Waals surface area contributed by atoms with Gasteiger partial charge in [-0.15, -0.1) is 0 Å². The Morgan fingerprint density at radius 3 is 2.90 bits per heavy atom. The predicted molar refractivity (Wildman–Crippen MR) is 77.5 cm³/mol. The van der Waals surface area contributed by atoms with E-state index in [-0.39, 0.29) is 5.92 Å². The molecule has 5 nitrogen and oxygen atoms in total. The van der Waals surface area contributed by atoms with Crippen molar-refractivity contribution < 1.29 is 9.90 Å². The maximum atomic E-state index is 11.4. The summed E-state index contributed by atoms with van der Waals surface area (Å²) in [6.45, 7) is 6.65. The van der Waals surface area contributed by atoms with Crippen LogP contribution in [0.2, 0.25) is 0 Å². The molecule has 1 N–H and O–H groups in total. The molecule has 0 aliphatic carbocycles. The van der Waals surface area contributed by atoms with Gasteiger partial charge in [-0.05, 0) is 51.1 Å². The van der Waals surface area contributed by atoms with Crippen molar-refractivity contribution in [2.75, 3.05) is 19.6 Å². The van der Waals surface area contributed by atoms with Crippen LogP contribution in [0.1, 0.15) is 32.3 Å². The van der Waals surface area contributed by atoms with Gasteiger partial charge in [0.1, 0.15) is 0 Å². The molecule has 0 radical (unpaired) electrons. The van der Waals surface area contributed by atoms with Crippen LogP contribution in [-0.2, 0) is 18.3 Å². The third-order valence-corrected chi connectivity index (χ3v) is 4.55. The van der Waals surface area contributed by atoms with Crippen LogP contribution < -0.4 is 0 Å². The minimum atomic E-state index is -0.684. The third kappa shape index (κ3) is 3.39. The third-order valence-electron chi connectivity index (χ3n) is 4.55. The number of carboxylic acids is 1. The van der Waals surface area contributed by atoms with Gasteiger partial charge in [0.15, 0.2) is 0 Å². The molecule has 0 spiro atoms. The SMILES string of the molecule is Cn1cc(CCN2CCCC(C(C)(C)C(=O)O)C2)cn1. The Morgan fingerprint density at radius 2 is 2.30 bits per heavy atom. The first-order valence-electron chi connectivity index (χ1n) is 7.33. The highest BCUT2D eigenvalue weighted by molar-refractivity contribution is 5.74. The van der Waals surface area contributed by atoms with Crippen molar-refractivity contribution in [3.8, 4) is 0 Å². The Bertz CT molecular complexity index is 467. The second kappa shape index (κ2) is 5.95.